The van der Waals surface area contributed by atoms with Crippen molar-refractivity contribution >= 4 is 24.0 Å². The van der Waals surface area contributed by atoms with Crippen LogP contribution in [0.2, 0.25) is 0 Å². The molecule has 1 aromatic carbocycles. The highest BCUT2D eigenvalue weighted by atomic mass is 35.5. The van der Waals surface area contributed by atoms with E-state index in [9.17, 15) is 14.9 Å². The molecule has 156 valence electrons. The molecule has 1 N–H and O–H groups in total. The second-order valence-corrected chi connectivity index (χ2v) is 7.00. The largest absolute Gasteiger partial charge is 0.484 e. The lowest BCUT2D eigenvalue weighted by Crippen LogP contribution is -2.41. The van der Waals surface area contributed by atoms with Gasteiger partial charge in [0.2, 0.25) is 0 Å². The van der Waals surface area contributed by atoms with Gasteiger partial charge in [-0.1, -0.05) is 6.07 Å². The van der Waals surface area contributed by atoms with Crippen LogP contribution in [-0.2, 0) is 17.9 Å². The fourth-order valence-electron chi connectivity index (χ4n) is 3.73. The van der Waals surface area contributed by atoms with E-state index >= 15 is 0 Å². The summed E-state index contributed by atoms with van der Waals surface area (Å²) < 4.78 is 7.65. The second kappa shape index (κ2) is 9.19. The maximum atomic E-state index is 12.4. The van der Waals surface area contributed by atoms with Gasteiger partial charge in [0.15, 0.2) is 6.61 Å². The molecule has 0 spiro atoms. The second-order valence-electron chi connectivity index (χ2n) is 7.00. The van der Waals surface area contributed by atoms with Crippen LogP contribution in [-0.4, -0.2) is 56.7 Å². The van der Waals surface area contributed by atoms with Crippen LogP contribution >= 0.6 is 12.4 Å². The number of rotatable bonds is 5. The van der Waals surface area contributed by atoms with Crippen LogP contribution in [0, 0.1) is 10.1 Å². The number of piperidine rings is 1. The molecule has 2 aromatic rings. The highest BCUT2D eigenvalue weighted by Crippen LogP contribution is 2.28. The van der Waals surface area contributed by atoms with Gasteiger partial charge in [-0.2, -0.15) is 0 Å². The molecular formula is C18H23ClN6O4. The van der Waals surface area contributed by atoms with E-state index in [1.807, 2.05) is 0 Å². The molecule has 2 aliphatic rings. The minimum absolute atomic E-state index is 0. The SMILES string of the molecule is Cl.O=C(COc1cccc([N+](=O)[O-])c1)N1CCC(c2nnc3n2CCNC3)CC1. The Kier molecular flexibility index (Phi) is 6.65. The summed E-state index contributed by atoms with van der Waals surface area (Å²) >= 11 is 0. The van der Waals surface area contributed by atoms with Crippen LogP contribution < -0.4 is 10.1 Å². The molecule has 2 aliphatic heterocycles. The van der Waals surface area contributed by atoms with E-state index in [1.54, 1.807) is 11.0 Å². The number of carbonyl (C=O) groups excluding carboxylic acids is 1. The van der Waals surface area contributed by atoms with Gasteiger partial charge in [-0.15, -0.1) is 22.6 Å². The Labute approximate surface area is 173 Å². The van der Waals surface area contributed by atoms with Crippen molar-refractivity contribution < 1.29 is 14.5 Å². The van der Waals surface area contributed by atoms with Crippen molar-refractivity contribution in [2.45, 2.75) is 31.8 Å². The van der Waals surface area contributed by atoms with Crippen molar-refractivity contribution in [1.82, 2.24) is 25.0 Å². The smallest absolute Gasteiger partial charge is 0.273 e. The Morgan fingerprint density at radius 3 is 2.83 bits per heavy atom. The lowest BCUT2D eigenvalue weighted by molar-refractivity contribution is -0.384. The Bertz CT molecular complexity index is 881. The summed E-state index contributed by atoms with van der Waals surface area (Å²) in [4.78, 5) is 24.6. The first kappa shape index (κ1) is 21.0. The van der Waals surface area contributed by atoms with Gasteiger partial charge in [0, 0.05) is 38.2 Å². The van der Waals surface area contributed by atoms with Crippen molar-refractivity contribution in [2.24, 2.45) is 0 Å². The Hall–Kier alpha value is -2.72. The number of halogens is 1. The number of carbonyl (C=O) groups is 1. The van der Waals surface area contributed by atoms with E-state index in [4.69, 9.17) is 4.74 Å². The molecule has 1 aromatic heterocycles. The first-order valence-electron chi connectivity index (χ1n) is 9.39. The number of non-ortho nitro benzene ring substituents is 1. The lowest BCUT2D eigenvalue weighted by atomic mass is 9.95. The zero-order valence-electron chi connectivity index (χ0n) is 15.8. The van der Waals surface area contributed by atoms with Gasteiger partial charge < -0.3 is 19.5 Å². The van der Waals surface area contributed by atoms with E-state index in [2.05, 4.69) is 20.1 Å². The van der Waals surface area contributed by atoms with Crippen LogP contribution in [0.5, 0.6) is 5.75 Å². The Morgan fingerprint density at radius 1 is 1.28 bits per heavy atom. The van der Waals surface area contributed by atoms with Crippen LogP contribution in [0.1, 0.15) is 30.4 Å². The normalized spacial score (nSPS) is 16.6. The number of nitrogens with one attached hydrogen (secondary N) is 1. The van der Waals surface area contributed by atoms with Gasteiger partial charge in [-0.3, -0.25) is 14.9 Å². The minimum Gasteiger partial charge on any atom is -0.484 e. The van der Waals surface area contributed by atoms with Crippen molar-refractivity contribution in [2.75, 3.05) is 26.2 Å². The fourth-order valence-corrected chi connectivity index (χ4v) is 3.73. The predicted molar refractivity (Wildman–Crippen MR) is 106 cm³/mol. The van der Waals surface area contributed by atoms with E-state index in [-0.39, 0.29) is 30.6 Å². The summed E-state index contributed by atoms with van der Waals surface area (Å²) in [5, 5.41) is 22.8. The minimum atomic E-state index is -0.487. The number of amides is 1. The van der Waals surface area contributed by atoms with Crippen LogP contribution in [0.3, 0.4) is 0 Å². The Balaban J connectivity index is 0.00000240. The topological polar surface area (TPSA) is 115 Å². The third kappa shape index (κ3) is 4.65. The van der Waals surface area contributed by atoms with Crippen LogP contribution in [0.25, 0.3) is 0 Å². The quantitative estimate of drug-likeness (QED) is 0.573. The van der Waals surface area contributed by atoms with Crippen molar-refractivity contribution in [1.29, 1.82) is 0 Å². The van der Waals surface area contributed by atoms with Gasteiger partial charge in [0.05, 0.1) is 17.5 Å². The molecule has 0 bridgehead atoms. The molecule has 0 aliphatic carbocycles. The molecule has 29 heavy (non-hydrogen) atoms. The van der Waals surface area contributed by atoms with Crippen LogP contribution in [0.4, 0.5) is 5.69 Å². The predicted octanol–water partition coefficient (Wildman–Crippen LogP) is 1.50. The highest BCUT2D eigenvalue weighted by molar-refractivity contribution is 5.85. The number of likely N-dealkylation sites (tertiary alicyclic amines) is 1. The molecule has 4 rings (SSSR count). The third-order valence-corrected chi connectivity index (χ3v) is 5.25. The molecule has 0 saturated carbocycles. The number of nitro benzene ring substituents is 1. The van der Waals surface area contributed by atoms with E-state index in [0.717, 1.165) is 44.1 Å². The van der Waals surface area contributed by atoms with Gasteiger partial charge in [-0.05, 0) is 18.9 Å². The molecule has 1 saturated heterocycles. The zero-order valence-corrected chi connectivity index (χ0v) is 16.6. The number of nitrogens with zero attached hydrogens (tertiary/aromatic N) is 5. The summed E-state index contributed by atoms with van der Waals surface area (Å²) in [6.45, 7) is 3.71. The first-order chi connectivity index (χ1) is 13.6. The number of fused-ring (bicyclic) bond motifs is 1. The summed E-state index contributed by atoms with van der Waals surface area (Å²) in [6, 6.07) is 5.86. The standard InChI is InChI=1S/C18H22N6O4.ClH/c25-17(12-28-15-3-1-2-14(10-15)24(26)27)22-7-4-13(5-8-22)18-21-20-16-11-19-6-9-23(16)18;/h1-3,10,13,19H,4-9,11-12H2;1H. The van der Waals surface area contributed by atoms with Gasteiger partial charge in [0.1, 0.15) is 17.4 Å². The number of hydrogen-bond acceptors (Lipinski definition) is 7. The molecule has 0 atom stereocenters. The summed E-state index contributed by atoms with van der Waals surface area (Å²) in [6.07, 6.45) is 1.68. The number of nitro groups is 1. The van der Waals surface area contributed by atoms with Gasteiger partial charge in [0.25, 0.3) is 11.6 Å². The maximum absolute atomic E-state index is 12.4. The molecule has 0 radical (unpaired) electrons. The molecule has 3 heterocycles. The monoisotopic (exact) mass is 422 g/mol. The average molecular weight is 423 g/mol. The van der Waals surface area contributed by atoms with Gasteiger partial charge in [-0.25, -0.2) is 0 Å². The number of ether oxygens (including phenoxy) is 1. The summed E-state index contributed by atoms with van der Waals surface area (Å²) in [5.41, 5.74) is -0.0578. The zero-order chi connectivity index (χ0) is 19.5. The molecule has 11 heteroatoms. The molecule has 10 nitrogen and oxygen atoms in total. The average Bonchev–Trinajstić information content (AvgIpc) is 3.16. The maximum Gasteiger partial charge on any atom is 0.273 e. The van der Waals surface area contributed by atoms with Crippen molar-refractivity contribution in [3.05, 3.63) is 46.0 Å². The van der Waals surface area contributed by atoms with Gasteiger partial charge >= 0.3 is 0 Å². The molecule has 1 amide bonds. The lowest BCUT2D eigenvalue weighted by Gasteiger charge is -2.32. The summed E-state index contributed by atoms with van der Waals surface area (Å²) in [5.74, 6) is 2.52. The molecular weight excluding hydrogens is 400 g/mol. The number of benzene rings is 1. The van der Waals surface area contributed by atoms with E-state index in [0.29, 0.717) is 24.8 Å². The molecule has 1 fully saturated rings. The molecule has 0 unspecified atom stereocenters. The summed E-state index contributed by atoms with van der Waals surface area (Å²) in [7, 11) is 0. The van der Waals surface area contributed by atoms with Crippen molar-refractivity contribution in [3.63, 3.8) is 0 Å². The first-order valence-corrected chi connectivity index (χ1v) is 9.39. The van der Waals surface area contributed by atoms with Crippen molar-refractivity contribution in [3.8, 4) is 5.75 Å². The fraction of sp³-hybridized carbons (Fsp3) is 0.500. The number of hydrogen-bond donors (Lipinski definition) is 1. The number of aromatic nitrogens is 3. The van der Waals surface area contributed by atoms with E-state index in [1.165, 1.54) is 18.2 Å². The van der Waals surface area contributed by atoms with Crippen LogP contribution in [0.15, 0.2) is 24.3 Å². The Morgan fingerprint density at radius 2 is 2.07 bits per heavy atom. The highest BCUT2D eigenvalue weighted by Gasteiger charge is 2.28. The third-order valence-electron chi connectivity index (χ3n) is 5.25. The van der Waals surface area contributed by atoms with E-state index < -0.39 is 4.92 Å².